The summed E-state index contributed by atoms with van der Waals surface area (Å²) in [5.74, 6) is 0.292. The van der Waals surface area contributed by atoms with Crippen molar-refractivity contribution < 1.29 is 4.79 Å². The Balaban J connectivity index is 1.72. The molecule has 2 aliphatic heterocycles. The first-order chi connectivity index (χ1) is 9.29. The van der Waals surface area contributed by atoms with Crippen molar-refractivity contribution >= 4 is 5.91 Å². The molecule has 2 aliphatic rings. The first-order valence-corrected chi connectivity index (χ1v) is 7.33. The van der Waals surface area contributed by atoms with Crippen LogP contribution >= 0.6 is 0 Å². The maximum absolute atomic E-state index is 12.3. The molecule has 0 aliphatic carbocycles. The molecule has 0 spiro atoms. The van der Waals surface area contributed by atoms with Crippen LogP contribution in [0.15, 0.2) is 12.7 Å². The monoisotopic (exact) mass is 266 g/mol. The van der Waals surface area contributed by atoms with Gasteiger partial charge < -0.3 is 10.2 Å². The molecule has 0 atom stereocenters. The van der Waals surface area contributed by atoms with Crippen molar-refractivity contribution in [1.82, 2.24) is 20.0 Å². The number of nitrogens with one attached hydrogen (secondary N) is 1. The van der Waals surface area contributed by atoms with Crippen LogP contribution in [0.3, 0.4) is 0 Å². The van der Waals surface area contributed by atoms with Gasteiger partial charge in [-0.2, -0.15) is 0 Å². The lowest BCUT2D eigenvalue weighted by molar-refractivity contribution is -0.134. The van der Waals surface area contributed by atoms with E-state index in [1.807, 2.05) is 11.0 Å². The SMILES string of the molecule is C=CCN1CCN(C(=O)CN2CCCNCC2)CC1. The Hall–Kier alpha value is -0.910. The standard InChI is InChI=1S/C14H26N4O/c1-2-6-16-9-11-18(12-10-16)14(19)13-17-7-3-4-15-5-8-17/h2,15H,1,3-13H2. The molecule has 108 valence electrons. The van der Waals surface area contributed by atoms with Crippen molar-refractivity contribution in [3.8, 4) is 0 Å². The zero-order valence-corrected chi connectivity index (χ0v) is 11.8. The predicted molar refractivity (Wildman–Crippen MR) is 77.1 cm³/mol. The highest BCUT2D eigenvalue weighted by atomic mass is 16.2. The topological polar surface area (TPSA) is 38.8 Å². The minimum Gasteiger partial charge on any atom is -0.339 e. The fourth-order valence-corrected chi connectivity index (χ4v) is 2.71. The molecular weight excluding hydrogens is 240 g/mol. The Kier molecular flexibility index (Phi) is 5.82. The minimum atomic E-state index is 0.292. The molecule has 0 radical (unpaired) electrons. The van der Waals surface area contributed by atoms with E-state index in [1.165, 1.54) is 0 Å². The Morgan fingerprint density at radius 1 is 1.05 bits per heavy atom. The van der Waals surface area contributed by atoms with Crippen molar-refractivity contribution in [3.05, 3.63) is 12.7 Å². The van der Waals surface area contributed by atoms with E-state index in [4.69, 9.17) is 0 Å². The second-order valence-corrected chi connectivity index (χ2v) is 5.35. The van der Waals surface area contributed by atoms with Gasteiger partial charge in [-0.05, 0) is 19.5 Å². The van der Waals surface area contributed by atoms with Crippen LogP contribution in [0.25, 0.3) is 0 Å². The van der Waals surface area contributed by atoms with Crippen LogP contribution in [-0.4, -0.2) is 86.1 Å². The van der Waals surface area contributed by atoms with E-state index < -0.39 is 0 Å². The van der Waals surface area contributed by atoms with E-state index in [1.54, 1.807) is 0 Å². The number of carbonyl (C=O) groups is 1. The molecule has 0 aromatic carbocycles. The van der Waals surface area contributed by atoms with E-state index in [0.717, 1.165) is 65.3 Å². The van der Waals surface area contributed by atoms with Gasteiger partial charge in [-0.1, -0.05) is 6.08 Å². The van der Waals surface area contributed by atoms with Crippen LogP contribution in [0.5, 0.6) is 0 Å². The number of piperazine rings is 1. The normalized spacial score (nSPS) is 23.1. The zero-order valence-electron chi connectivity index (χ0n) is 11.8. The summed E-state index contributed by atoms with van der Waals surface area (Å²) in [5, 5.41) is 3.37. The van der Waals surface area contributed by atoms with Gasteiger partial charge in [0.05, 0.1) is 6.54 Å². The average Bonchev–Trinajstić information content (AvgIpc) is 2.68. The quantitative estimate of drug-likeness (QED) is 0.704. The van der Waals surface area contributed by atoms with E-state index >= 15 is 0 Å². The molecule has 5 heteroatoms. The lowest BCUT2D eigenvalue weighted by Gasteiger charge is -2.35. The van der Waals surface area contributed by atoms with Crippen LogP contribution in [0, 0.1) is 0 Å². The van der Waals surface area contributed by atoms with Gasteiger partial charge in [0.15, 0.2) is 0 Å². The molecule has 5 nitrogen and oxygen atoms in total. The molecule has 2 saturated heterocycles. The van der Waals surface area contributed by atoms with Crippen molar-refractivity contribution in [2.45, 2.75) is 6.42 Å². The summed E-state index contributed by atoms with van der Waals surface area (Å²) >= 11 is 0. The second-order valence-electron chi connectivity index (χ2n) is 5.35. The highest BCUT2D eigenvalue weighted by Gasteiger charge is 2.22. The number of amides is 1. The second kappa shape index (κ2) is 7.62. The molecule has 19 heavy (non-hydrogen) atoms. The molecule has 0 aromatic heterocycles. The Morgan fingerprint density at radius 2 is 1.84 bits per heavy atom. The summed E-state index contributed by atoms with van der Waals surface area (Å²) in [6, 6.07) is 0. The highest BCUT2D eigenvalue weighted by Crippen LogP contribution is 2.04. The van der Waals surface area contributed by atoms with Gasteiger partial charge in [0.1, 0.15) is 0 Å². The third kappa shape index (κ3) is 4.60. The summed E-state index contributed by atoms with van der Waals surface area (Å²) in [6.45, 7) is 13.0. The third-order valence-electron chi connectivity index (χ3n) is 3.90. The van der Waals surface area contributed by atoms with Crippen molar-refractivity contribution in [3.63, 3.8) is 0 Å². The van der Waals surface area contributed by atoms with Crippen molar-refractivity contribution in [2.24, 2.45) is 0 Å². The van der Waals surface area contributed by atoms with Gasteiger partial charge >= 0.3 is 0 Å². The van der Waals surface area contributed by atoms with Crippen LogP contribution in [0.4, 0.5) is 0 Å². The third-order valence-corrected chi connectivity index (χ3v) is 3.90. The molecular formula is C14H26N4O. The van der Waals surface area contributed by atoms with Gasteiger partial charge in [-0.25, -0.2) is 0 Å². The van der Waals surface area contributed by atoms with E-state index in [9.17, 15) is 4.79 Å². The van der Waals surface area contributed by atoms with Crippen LogP contribution < -0.4 is 5.32 Å². The van der Waals surface area contributed by atoms with Gasteiger partial charge in [0, 0.05) is 45.8 Å². The fraction of sp³-hybridized carbons (Fsp3) is 0.786. The number of hydrogen-bond acceptors (Lipinski definition) is 4. The Bertz CT molecular complexity index is 292. The van der Waals surface area contributed by atoms with Crippen molar-refractivity contribution in [1.29, 1.82) is 0 Å². The molecule has 0 unspecified atom stereocenters. The van der Waals surface area contributed by atoms with Crippen LogP contribution in [0.2, 0.25) is 0 Å². The zero-order chi connectivity index (χ0) is 13.5. The van der Waals surface area contributed by atoms with Crippen LogP contribution in [0.1, 0.15) is 6.42 Å². The first-order valence-electron chi connectivity index (χ1n) is 7.33. The molecule has 2 rings (SSSR count). The lowest BCUT2D eigenvalue weighted by atomic mass is 10.3. The predicted octanol–water partition coefficient (Wildman–Crippen LogP) is -0.388. The molecule has 2 heterocycles. The number of rotatable bonds is 4. The number of hydrogen-bond donors (Lipinski definition) is 1. The van der Waals surface area contributed by atoms with E-state index in [-0.39, 0.29) is 0 Å². The highest BCUT2D eigenvalue weighted by molar-refractivity contribution is 5.78. The molecule has 1 N–H and O–H groups in total. The molecule has 0 saturated carbocycles. The largest absolute Gasteiger partial charge is 0.339 e. The van der Waals surface area contributed by atoms with Crippen molar-refractivity contribution in [2.75, 3.05) is 65.4 Å². The van der Waals surface area contributed by atoms with E-state index in [2.05, 4.69) is 21.7 Å². The fourth-order valence-electron chi connectivity index (χ4n) is 2.71. The Morgan fingerprint density at radius 3 is 2.58 bits per heavy atom. The lowest BCUT2D eigenvalue weighted by Crippen LogP contribution is -2.51. The summed E-state index contributed by atoms with van der Waals surface area (Å²) in [7, 11) is 0. The molecule has 0 aromatic rings. The maximum Gasteiger partial charge on any atom is 0.236 e. The first kappa shape index (κ1) is 14.5. The molecule has 0 bridgehead atoms. The minimum absolute atomic E-state index is 0.292. The van der Waals surface area contributed by atoms with E-state index in [0.29, 0.717) is 12.5 Å². The average molecular weight is 266 g/mol. The van der Waals surface area contributed by atoms with Crippen LogP contribution in [-0.2, 0) is 4.79 Å². The molecule has 1 amide bonds. The Labute approximate surface area is 116 Å². The summed E-state index contributed by atoms with van der Waals surface area (Å²) in [5.41, 5.74) is 0. The summed E-state index contributed by atoms with van der Waals surface area (Å²) in [4.78, 5) is 18.9. The summed E-state index contributed by atoms with van der Waals surface area (Å²) < 4.78 is 0. The van der Waals surface area contributed by atoms with Gasteiger partial charge in [-0.3, -0.25) is 14.6 Å². The molecule has 2 fully saturated rings. The van der Waals surface area contributed by atoms with Gasteiger partial charge in [0.2, 0.25) is 5.91 Å². The number of carbonyl (C=O) groups excluding carboxylic acids is 1. The van der Waals surface area contributed by atoms with Gasteiger partial charge in [0.25, 0.3) is 0 Å². The van der Waals surface area contributed by atoms with Gasteiger partial charge in [-0.15, -0.1) is 6.58 Å². The maximum atomic E-state index is 12.3. The smallest absolute Gasteiger partial charge is 0.236 e. The summed E-state index contributed by atoms with van der Waals surface area (Å²) in [6.07, 6.45) is 3.07. The number of nitrogens with zero attached hydrogens (tertiary/aromatic N) is 3.